The van der Waals surface area contributed by atoms with Gasteiger partial charge in [0.25, 0.3) is 5.56 Å². The molecule has 0 spiro atoms. The van der Waals surface area contributed by atoms with E-state index in [2.05, 4.69) is 10.3 Å². The molecular formula is C9H13N3O. The smallest absolute Gasteiger partial charge is 0.256 e. The van der Waals surface area contributed by atoms with Gasteiger partial charge in [-0.15, -0.1) is 0 Å². The van der Waals surface area contributed by atoms with Crippen molar-refractivity contribution in [3.63, 3.8) is 0 Å². The van der Waals surface area contributed by atoms with Crippen LogP contribution in [0.3, 0.4) is 0 Å². The van der Waals surface area contributed by atoms with Gasteiger partial charge in [-0.2, -0.15) is 0 Å². The summed E-state index contributed by atoms with van der Waals surface area (Å²) in [6.07, 6.45) is 1.65. The first kappa shape index (κ1) is 8.44. The largest absolute Gasteiger partial charge is 0.313 e. The molecule has 13 heavy (non-hydrogen) atoms. The number of hydrogen-bond donors (Lipinski definition) is 1. The summed E-state index contributed by atoms with van der Waals surface area (Å²) < 4.78 is 1.72. The van der Waals surface area contributed by atoms with E-state index in [1.54, 1.807) is 10.9 Å². The molecule has 4 heteroatoms. The summed E-state index contributed by atoms with van der Waals surface area (Å²) in [5.74, 6) is 0. The van der Waals surface area contributed by atoms with Crippen LogP contribution in [0.1, 0.15) is 17.3 Å². The quantitative estimate of drug-likeness (QED) is 0.660. The van der Waals surface area contributed by atoms with E-state index in [4.69, 9.17) is 0 Å². The normalized spacial score (nSPS) is 17.1. The molecule has 1 aliphatic heterocycles. The summed E-state index contributed by atoms with van der Waals surface area (Å²) in [7, 11) is 0. The highest BCUT2D eigenvalue weighted by Gasteiger charge is 2.20. The Morgan fingerprint density at radius 2 is 2.23 bits per heavy atom. The molecule has 4 nitrogen and oxygen atoms in total. The van der Waals surface area contributed by atoms with Gasteiger partial charge in [0.05, 0.1) is 12.4 Å². The van der Waals surface area contributed by atoms with E-state index in [0.717, 1.165) is 24.3 Å². The number of nitrogens with one attached hydrogen (secondary N) is 1. The number of rotatable bonds is 1. The number of aromatic nitrogens is 2. The molecule has 2 rings (SSSR count). The summed E-state index contributed by atoms with van der Waals surface area (Å²) in [4.78, 5) is 15.9. The molecule has 0 atom stereocenters. The minimum Gasteiger partial charge on any atom is -0.313 e. The maximum atomic E-state index is 11.7. The van der Waals surface area contributed by atoms with E-state index in [1.165, 1.54) is 0 Å². The van der Waals surface area contributed by atoms with Gasteiger partial charge >= 0.3 is 0 Å². The average molecular weight is 179 g/mol. The van der Waals surface area contributed by atoms with E-state index >= 15 is 0 Å². The molecule has 70 valence electrons. The molecule has 1 aromatic heterocycles. The van der Waals surface area contributed by atoms with E-state index < -0.39 is 0 Å². The van der Waals surface area contributed by atoms with Crippen LogP contribution in [-0.4, -0.2) is 22.6 Å². The molecule has 1 N–H and O–H groups in total. The van der Waals surface area contributed by atoms with Crippen molar-refractivity contribution in [2.24, 2.45) is 0 Å². The Morgan fingerprint density at radius 1 is 1.54 bits per heavy atom. The fourth-order valence-corrected chi connectivity index (χ4v) is 1.38. The monoisotopic (exact) mass is 179 g/mol. The minimum atomic E-state index is 0.0963. The highest BCUT2D eigenvalue weighted by atomic mass is 16.1. The van der Waals surface area contributed by atoms with Crippen LogP contribution in [0.4, 0.5) is 0 Å². The SMILES string of the molecule is Cc1ncn(C2CNC2)c(=O)c1C. The van der Waals surface area contributed by atoms with Gasteiger partial charge < -0.3 is 5.32 Å². The molecule has 0 aliphatic carbocycles. The number of nitrogens with zero attached hydrogens (tertiary/aromatic N) is 2. The Bertz CT molecular complexity index is 379. The van der Waals surface area contributed by atoms with Gasteiger partial charge in [0.2, 0.25) is 0 Å². The average Bonchev–Trinajstić information content (AvgIpc) is 2.03. The molecule has 1 aromatic rings. The summed E-state index contributed by atoms with van der Waals surface area (Å²) in [6, 6.07) is 0.305. The zero-order chi connectivity index (χ0) is 9.42. The predicted octanol–water partition coefficient (Wildman–Crippen LogP) is 0.00444. The lowest BCUT2D eigenvalue weighted by Crippen LogP contribution is -2.47. The van der Waals surface area contributed by atoms with Crippen molar-refractivity contribution in [2.45, 2.75) is 19.9 Å². The van der Waals surface area contributed by atoms with Crippen molar-refractivity contribution in [3.8, 4) is 0 Å². The molecular weight excluding hydrogens is 166 g/mol. The highest BCUT2D eigenvalue weighted by molar-refractivity contribution is 5.13. The maximum absolute atomic E-state index is 11.7. The van der Waals surface area contributed by atoms with Crippen molar-refractivity contribution in [1.29, 1.82) is 0 Å². The lowest BCUT2D eigenvalue weighted by Gasteiger charge is -2.28. The molecule has 0 saturated carbocycles. The van der Waals surface area contributed by atoms with Crippen LogP contribution in [0.25, 0.3) is 0 Å². The van der Waals surface area contributed by atoms with Crippen LogP contribution in [0.15, 0.2) is 11.1 Å². The van der Waals surface area contributed by atoms with Crippen molar-refractivity contribution in [2.75, 3.05) is 13.1 Å². The lowest BCUT2D eigenvalue weighted by atomic mass is 10.1. The summed E-state index contributed by atoms with van der Waals surface area (Å²) in [5, 5.41) is 3.13. The number of aryl methyl sites for hydroxylation is 1. The number of hydrogen-bond acceptors (Lipinski definition) is 3. The summed E-state index contributed by atoms with van der Waals surface area (Å²) in [5.41, 5.74) is 1.68. The fourth-order valence-electron chi connectivity index (χ4n) is 1.38. The molecule has 1 fully saturated rings. The molecule has 0 radical (unpaired) electrons. The van der Waals surface area contributed by atoms with Crippen molar-refractivity contribution in [1.82, 2.24) is 14.9 Å². The van der Waals surface area contributed by atoms with Gasteiger partial charge in [-0.3, -0.25) is 9.36 Å². The van der Waals surface area contributed by atoms with Crippen LogP contribution in [0.5, 0.6) is 0 Å². The second-order valence-electron chi connectivity index (χ2n) is 3.48. The second-order valence-corrected chi connectivity index (χ2v) is 3.48. The van der Waals surface area contributed by atoms with Crippen LogP contribution in [0.2, 0.25) is 0 Å². The maximum Gasteiger partial charge on any atom is 0.256 e. The van der Waals surface area contributed by atoms with Crippen LogP contribution >= 0.6 is 0 Å². The standard InChI is InChI=1S/C9H13N3O/c1-6-7(2)11-5-12(9(6)13)8-3-10-4-8/h5,8,10H,3-4H2,1-2H3. The van der Waals surface area contributed by atoms with E-state index in [9.17, 15) is 4.79 Å². The van der Waals surface area contributed by atoms with Gasteiger partial charge in [0.15, 0.2) is 0 Å². The summed E-state index contributed by atoms with van der Waals surface area (Å²) in [6.45, 7) is 5.45. The van der Waals surface area contributed by atoms with Gasteiger partial charge in [0.1, 0.15) is 0 Å². The molecule has 0 bridgehead atoms. The van der Waals surface area contributed by atoms with E-state index in [1.807, 2.05) is 13.8 Å². The Morgan fingerprint density at radius 3 is 2.77 bits per heavy atom. The third-order valence-corrected chi connectivity index (χ3v) is 2.63. The minimum absolute atomic E-state index is 0.0963. The third-order valence-electron chi connectivity index (χ3n) is 2.63. The molecule has 0 aromatic carbocycles. The van der Waals surface area contributed by atoms with Gasteiger partial charge in [-0.25, -0.2) is 4.98 Å². The molecule has 0 unspecified atom stereocenters. The van der Waals surface area contributed by atoms with Crippen LogP contribution in [0, 0.1) is 13.8 Å². The topological polar surface area (TPSA) is 46.9 Å². The zero-order valence-electron chi connectivity index (χ0n) is 7.87. The third kappa shape index (κ3) is 1.27. The van der Waals surface area contributed by atoms with Crippen molar-refractivity contribution in [3.05, 3.63) is 27.9 Å². The predicted molar refractivity (Wildman–Crippen MR) is 49.9 cm³/mol. The molecule has 0 amide bonds. The van der Waals surface area contributed by atoms with E-state index in [-0.39, 0.29) is 5.56 Å². The fraction of sp³-hybridized carbons (Fsp3) is 0.556. The molecule has 2 heterocycles. The first-order valence-electron chi connectivity index (χ1n) is 4.45. The Kier molecular flexibility index (Phi) is 1.92. The van der Waals surface area contributed by atoms with Crippen molar-refractivity contribution < 1.29 is 0 Å². The summed E-state index contributed by atoms with van der Waals surface area (Å²) >= 11 is 0. The Hall–Kier alpha value is -1.16. The zero-order valence-corrected chi connectivity index (χ0v) is 7.87. The van der Waals surface area contributed by atoms with Crippen LogP contribution < -0.4 is 10.9 Å². The first-order chi connectivity index (χ1) is 6.20. The van der Waals surface area contributed by atoms with Gasteiger partial charge in [-0.1, -0.05) is 0 Å². The molecule has 1 aliphatic rings. The van der Waals surface area contributed by atoms with Crippen LogP contribution in [-0.2, 0) is 0 Å². The first-order valence-corrected chi connectivity index (χ1v) is 4.45. The second kappa shape index (κ2) is 2.96. The lowest BCUT2D eigenvalue weighted by molar-refractivity contribution is 0.332. The van der Waals surface area contributed by atoms with Gasteiger partial charge in [-0.05, 0) is 13.8 Å². The van der Waals surface area contributed by atoms with E-state index in [0.29, 0.717) is 6.04 Å². The molecule has 1 saturated heterocycles. The Balaban J connectivity index is 2.47. The highest BCUT2D eigenvalue weighted by Crippen LogP contribution is 2.08. The van der Waals surface area contributed by atoms with Gasteiger partial charge in [0, 0.05) is 24.3 Å². The van der Waals surface area contributed by atoms with Crippen molar-refractivity contribution >= 4 is 0 Å². The Labute approximate surface area is 76.6 Å².